The SMILES string of the molecule is CC/C=C\C/C=C\C/C=C\C/C=C\CCCCCCCCCCCCCCCCCCCCCCCCCCCCC(=O)OC(COC(=O)CCCCCCCCCCCCCCCCCCCCCCCCCCCCCCC/C=C\CCCCCCCCCC)COP(=O)([O-])OCC[N+](C)(C)C. The predicted octanol–water partition coefficient (Wildman–Crippen LogP) is 30.6. The Bertz CT molecular complexity index is 1940. The van der Waals surface area contributed by atoms with E-state index in [4.69, 9.17) is 18.5 Å². The van der Waals surface area contributed by atoms with Crippen LogP contribution in [0.3, 0.4) is 0 Å². The van der Waals surface area contributed by atoms with Crippen molar-refractivity contribution in [2.24, 2.45) is 0 Å². The second-order valence-corrected chi connectivity index (χ2v) is 34.1. The topological polar surface area (TPSA) is 111 Å². The largest absolute Gasteiger partial charge is 0.756 e. The molecular weight excluding hydrogens is 1300 g/mol. The predicted molar refractivity (Wildman–Crippen MR) is 453 cm³/mol. The Balaban J connectivity index is 3.82. The first-order valence-corrected chi connectivity index (χ1v) is 47.5. The second-order valence-electron chi connectivity index (χ2n) is 32.6. The number of nitrogens with zero attached hydrogens (tertiary/aromatic N) is 1. The van der Waals surface area contributed by atoms with Crippen molar-refractivity contribution in [3.63, 3.8) is 0 Å². The minimum Gasteiger partial charge on any atom is -0.756 e. The summed E-state index contributed by atoms with van der Waals surface area (Å²) < 4.78 is 34.5. The zero-order valence-corrected chi connectivity index (χ0v) is 71.1. The normalized spacial score (nSPS) is 13.2. The molecule has 0 fully saturated rings. The summed E-state index contributed by atoms with van der Waals surface area (Å²) in [7, 11) is 1.19. The molecule has 0 aromatic heterocycles. The molecule has 0 aromatic rings. The van der Waals surface area contributed by atoms with Crippen LogP contribution in [0.4, 0.5) is 0 Å². The Morgan fingerprint density at radius 1 is 0.308 bits per heavy atom. The van der Waals surface area contributed by atoms with Crippen molar-refractivity contribution >= 4 is 19.8 Å². The standard InChI is InChI=1S/C94H178NO8P/c1-6-8-10-12-14-16-18-20-22-24-26-28-30-32-34-36-38-40-42-44-46-47-49-50-52-54-56-58-60-62-64-66-68-70-72-74-76-78-80-82-84-86-93(96)100-90-92(91-102-104(98,99)101-89-88-95(3,4)5)103-94(97)87-85-83-81-79-77-75-73-71-69-67-65-63-61-59-57-55-53-51-48-45-43-41-39-37-35-33-31-29-27-25-23-21-19-17-15-13-11-9-7-2/h9,11,15,17,21,23-24,26-27,29,92H,6-8,10,12-14,16,18-20,22,25,28,30-91H2,1-5H3/b11-9-,17-15-,23-21-,26-24-,29-27-. The molecular formula is C94H178NO8P. The van der Waals surface area contributed by atoms with Crippen LogP contribution in [0.25, 0.3) is 0 Å². The number of likely N-dealkylation sites (N-methyl/N-ethyl adjacent to an activating group) is 1. The number of ether oxygens (including phenoxy) is 2. The number of quaternary nitrogens is 1. The van der Waals surface area contributed by atoms with Gasteiger partial charge in [0.2, 0.25) is 0 Å². The molecule has 0 aromatic carbocycles. The Labute approximate surface area is 648 Å². The highest BCUT2D eigenvalue weighted by molar-refractivity contribution is 7.45. The van der Waals surface area contributed by atoms with Crippen LogP contribution in [-0.4, -0.2) is 70.0 Å². The van der Waals surface area contributed by atoms with Crippen LogP contribution in [0.15, 0.2) is 60.8 Å². The Kier molecular flexibility index (Phi) is 82.9. The summed E-state index contributed by atoms with van der Waals surface area (Å²) in [6, 6.07) is 0. The number of carbonyl (C=O) groups excluding carboxylic acids is 2. The van der Waals surface area contributed by atoms with Crippen molar-refractivity contribution < 1.29 is 42.1 Å². The summed E-state index contributed by atoms with van der Waals surface area (Å²) in [5, 5.41) is 0. The van der Waals surface area contributed by atoms with Crippen LogP contribution in [0.2, 0.25) is 0 Å². The van der Waals surface area contributed by atoms with Gasteiger partial charge in [0.1, 0.15) is 19.8 Å². The monoisotopic (exact) mass is 1480 g/mol. The van der Waals surface area contributed by atoms with Gasteiger partial charge in [-0.25, -0.2) is 0 Å². The van der Waals surface area contributed by atoms with E-state index in [0.29, 0.717) is 17.4 Å². The zero-order valence-electron chi connectivity index (χ0n) is 70.3. The first kappa shape index (κ1) is 102. The van der Waals surface area contributed by atoms with Gasteiger partial charge in [0, 0.05) is 12.8 Å². The van der Waals surface area contributed by atoms with Gasteiger partial charge in [-0.1, -0.05) is 447 Å². The minimum atomic E-state index is -4.65. The summed E-state index contributed by atoms with van der Waals surface area (Å²) in [4.78, 5) is 38.3. The first-order chi connectivity index (χ1) is 51.0. The summed E-state index contributed by atoms with van der Waals surface area (Å²) in [6.45, 7) is 4.21. The summed E-state index contributed by atoms with van der Waals surface area (Å²) in [5.41, 5.74) is 0. The molecule has 0 radical (unpaired) electrons. The van der Waals surface area contributed by atoms with Gasteiger partial charge in [0.25, 0.3) is 7.82 Å². The molecule has 0 rings (SSSR count). The number of esters is 2. The lowest BCUT2D eigenvalue weighted by Gasteiger charge is -2.28. The fourth-order valence-corrected chi connectivity index (χ4v) is 14.8. The van der Waals surface area contributed by atoms with Gasteiger partial charge in [-0.15, -0.1) is 0 Å². The molecule has 0 saturated heterocycles. The molecule has 0 aliphatic heterocycles. The van der Waals surface area contributed by atoms with Crippen molar-refractivity contribution in [2.45, 2.75) is 482 Å². The lowest BCUT2D eigenvalue weighted by molar-refractivity contribution is -0.870. The van der Waals surface area contributed by atoms with Gasteiger partial charge >= 0.3 is 11.9 Å². The molecule has 2 unspecified atom stereocenters. The lowest BCUT2D eigenvalue weighted by Crippen LogP contribution is -2.37. The molecule has 612 valence electrons. The van der Waals surface area contributed by atoms with Gasteiger partial charge in [-0.3, -0.25) is 14.2 Å². The van der Waals surface area contributed by atoms with Crippen LogP contribution >= 0.6 is 7.82 Å². The third-order valence-electron chi connectivity index (χ3n) is 21.0. The van der Waals surface area contributed by atoms with E-state index in [-0.39, 0.29) is 32.0 Å². The second kappa shape index (κ2) is 84.7. The van der Waals surface area contributed by atoms with Crippen molar-refractivity contribution in [1.29, 1.82) is 0 Å². The number of rotatable bonds is 87. The molecule has 9 nitrogen and oxygen atoms in total. The first-order valence-electron chi connectivity index (χ1n) is 46.0. The Hall–Kier alpha value is -2.29. The Morgan fingerprint density at radius 2 is 0.548 bits per heavy atom. The van der Waals surface area contributed by atoms with Crippen molar-refractivity contribution in [3.8, 4) is 0 Å². The van der Waals surface area contributed by atoms with Crippen LogP contribution in [-0.2, 0) is 32.7 Å². The van der Waals surface area contributed by atoms with Crippen molar-refractivity contribution in [3.05, 3.63) is 60.8 Å². The third kappa shape index (κ3) is 88.6. The molecule has 0 aliphatic rings. The minimum absolute atomic E-state index is 0.0274. The maximum Gasteiger partial charge on any atom is 0.306 e. The van der Waals surface area contributed by atoms with Gasteiger partial charge < -0.3 is 27.9 Å². The zero-order chi connectivity index (χ0) is 75.4. The van der Waals surface area contributed by atoms with Crippen LogP contribution in [0.1, 0.15) is 476 Å². The summed E-state index contributed by atoms with van der Waals surface area (Å²) >= 11 is 0. The molecule has 10 heteroatoms. The molecule has 0 N–H and O–H groups in total. The number of hydrogen-bond donors (Lipinski definition) is 0. The molecule has 104 heavy (non-hydrogen) atoms. The van der Waals surface area contributed by atoms with E-state index < -0.39 is 26.5 Å². The molecule has 0 heterocycles. The maximum atomic E-state index is 12.9. The maximum absolute atomic E-state index is 12.9. The molecule has 0 aliphatic carbocycles. The van der Waals surface area contributed by atoms with Crippen LogP contribution < -0.4 is 4.89 Å². The molecule has 0 spiro atoms. The van der Waals surface area contributed by atoms with E-state index in [1.807, 2.05) is 21.1 Å². The number of unbranched alkanes of at least 4 members (excludes halogenated alkanes) is 63. The van der Waals surface area contributed by atoms with E-state index in [9.17, 15) is 19.0 Å². The van der Waals surface area contributed by atoms with E-state index in [0.717, 1.165) is 57.8 Å². The summed E-state index contributed by atoms with van der Waals surface area (Å²) in [5.74, 6) is -0.804. The number of carbonyl (C=O) groups is 2. The third-order valence-corrected chi connectivity index (χ3v) is 22.0. The van der Waals surface area contributed by atoms with Gasteiger partial charge in [0.15, 0.2) is 6.10 Å². The number of phosphoric acid groups is 1. The van der Waals surface area contributed by atoms with E-state index >= 15 is 0 Å². The molecule has 0 bridgehead atoms. The fraction of sp³-hybridized carbons (Fsp3) is 0.872. The van der Waals surface area contributed by atoms with E-state index in [1.54, 1.807) is 0 Å². The quantitative estimate of drug-likeness (QED) is 0.0195. The fourth-order valence-electron chi connectivity index (χ4n) is 14.1. The average Bonchev–Trinajstić information content (AvgIpc) is 0.915. The van der Waals surface area contributed by atoms with Gasteiger partial charge in [-0.2, -0.15) is 0 Å². The molecule has 0 amide bonds. The van der Waals surface area contributed by atoms with E-state index in [2.05, 4.69) is 74.6 Å². The van der Waals surface area contributed by atoms with Crippen molar-refractivity contribution in [1.82, 2.24) is 0 Å². The number of phosphoric ester groups is 1. The van der Waals surface area contributed by atoms with Crippen LogP contribution in [0.5, 0.6) is 0 Å². The van der Waals surface area contributed by atoms with E-state index in [1.165, 1.54) is 385 Å². The summed E-state index contributed by atoms with van der Waals surface area (Å²) in [6.07, 6.45) is 116. The average molecular weight is 1480 g/mol. The van der Waals surface area contributed by atoms with Gasteiger partial charge in [-0.05, 0) is 77.0 Å². The number of hydrogen-bond acceptors (Lipinski definition) is 8. The van der Waals surface area contributed by atoms with Crippen molar-refractivity contribution in [2.75, 3.05) is 47.5 Å². The number of allylic oxidation sites excluding steroid dienone is 10. The highest BCUT2D eigenvalue weighted by Crippen LogP contribution is 2.38. The molecule has 0 saturated carbocycles. The van der Waals surface area contributed by atoms with Crippen LogP contribution in [0, 0.1) is 0 Å². The lowest BCUT2D eigenvalue weighted by atomic mass is 10.0. The molecule has 2 atom stereocenters. The highest BCUT2D eigenvalue weighted by atomic mass is 31.2. The van der Waals surface area contributed by atoms with Gasteiger partial charge in [0.05, 0.1) is 27.7 Å². The highest BCUT2D eigenvalue weighted by Gasteiger charge is 2.22. The smallest absolute Gasteiger partial charge is 0.306 e. The Morgan fingerprint density at radius 3 is 0.827 bits per heavy atom.